The predicted octanol–water partition coefficient (Wildman–Crippen LogP) is 3.86. The van der Waals surface area contributed by atoms with Crippen LogP contribution in [0.1, 0.15) is 22.4 Å². The molecule has 11 heteroatoms. The Labute approximate surface area is 218 Å². The fraction of sp³-hybridized carbons (Fsp3) is 0.320. The maximum Gasteiger partial charge on any atom is 0.273 e. The van der Waals surface area contributed by atoms with Crippen LogP contribution < -0.4 is 4.74 Å². The molecule has 0 saturated carbocycles. The van der Waals surface area contributed by atoms with Gasteiger partial charge in [0.05, 0.1) is 18.6 Å². The van der Waals surface area contributed by atoms with E-state index in [1.807, 2.05) is 51.2 Å². The quantitative estimate of drug-likeness (QED) is 0.323. The summed E-state index contributed by atoms with van der Waals surface area (Å²) >= 11 is 3.03. The Kier molecular flexibility index (Phi) is 7.59. The van der Waals surface area contributed by atoms with Crippen molar-refractivity contribution in [3.05, 3.63) is 64.9 Å². The number of para-hydroxylation sites is 2. The summed E-state index contributed by atoms with van der Waals surface area (Å²) in [5, 5.41) is 12.4. The number of hydrogen-bond acceptors (Lipinski definition) is 9. The van der Waals surface area contributed by atoms with Crippen molar-refractivity contribution in [2.75, 3.05) is 39.8 Å². The molecule has 5 rings (SSSR count). The molecule has 0 radical (unpaired) electrons. The first-order valence-electron chi connectivity index (χ1n) is 11.8. The molecule has 1 saturated heterocycles. The van der Waals surface area contributed by atoms with Crippen molar-refractivity contribution in [3.63, 3.8) is 0 Å². The number of hydrogen-bond donors (Lipinski definition) is 0. The van der Waals surface area contributed by atoms with E-state index in [1.54, 1.807) is 19.5 Å². The molecule has 1 fully saturated rings. The topological polar surface area (TPSA) is 89.3 Å². The lowest BCUT2D eigenvalue weighted by Gasteiger charge is -2.33. The Hall–Kier alpha value is -3.28. The van der Waals surface area contributed by atoms with Crippen LogP contribution in [0.15, 0.2) is 59.3 Å². The number of thioether (sulfide) groups is 1. The highest BCUT2D eigenvalue weighted by atomic mass is 32.2. The predicted molar refractivity (Wildman–Crippen MR) is 141 cm³/mol. The van der Waals surface area contributed by atoms with Gasteiger partial charge in [0.2, 0.25) is 0 Å². The van der Waals surface area contributed by atoms with Gasteiger partial charge in [0.1, 0.15) is 16.5 Å². The summed E-state index contributed by atoms with van der Waals surface area (Å²) in [6.07, 6.45) is 3.47. The highest BCUT2D eigenvalue weighted by molar-refractivity contribution is 7.98. The standard InChI is InChI=1S/C25H27N7O2S2/c1-3-30-12-14-31(15-13-30)24(33)19-16-35-22(27-19)17-36-25-29-28-23(18-8-10-26-11-9-18)32(25)20-6-4-5-7-21(20)34-2/h4-11,16H,3,12-15,17H2,1-2H3. The molecule has 186 valence electrons. The Morgan fingerprint density at radius 2 is 1.86 bits per heavy atom. The Morgan fingerprint density at radius 1 is 1.08 bits per heavy atom. The lowest BCUT2D eigenvalue weighted by molar-refractivity contribution is 0.0638. The van der Waals surface area contributed by atoms with Gasteiger partial charge in [-0.25, -0.2) is 4.98 Å². The van der Waals surface area contributed by atoms with Gasteiger partial charge >= 0.3 is 0 Å². The first kappa shape index (κ1) is 24.4. The van der Waals surface area contributed by atoms with Crippen molar-refractivity contribution < 1.29 is 9.53 Å². The molecule has 36 heavy (non-hydrogen) atoms. The zero-order valence-electron chi connectivity index (χ0n) is 20.2. The van der Waals surface area contributed by atoms with Crippen LogP contribution in [0.25, 0.3) is 17.1 Å². The summed E-state index contributed by atoms with van der Waals surface area (Å²) in [4.78, 5) is 26.0. The van der Waals surface area contributed by atoms with Gasteiger partial charge in [-0.3, -0.25) is 14.3 Å². The molecule has 1 aliphatic heterocycles. The third-order valence-corrected chi connectivity index (χ3v) is 8.07. The maximum absolute atomic E-state index is 13.0. The van der Waals surface area contributed by atoms with Crippen LogP contribution in [-0.4, -0.2) is 80.3 Å². The second kappa shape index (κ2) is 11.2. The Bertz CT molecular complexity index is 1320. The van der Waals surface area contributed by atoms with Crippen molar-refractivity contribution >= 4 is 29.0 Å². The Morgan fingerprint density at radius 3 is 2.61 bits per heavy atom. The van der Waals surface area contributed by atoms with E-state index >= 15 is 0 Å². The van der Waals surface area contributed by atoms with E-state index in [0.29, 0.717) is 22.4 Å². The summed E-state index contributed by atoms with van der Waals surface area (Å²) in [7, 11) is 1.65. The minimum Gasteiger partial charge on any atom is -0.495 e. The van der Waals surface area contributed by atoms with Crippen molar-refractivity contribution in [1.29, 1.82) is 0 Å². The van der Waals surface area contributed by atoms with Gasteiger partial charge in [0.15, 0.2) is 11.0 Å². The van der Waals surface area contributed by atoms with Crippen molar-refractivity contribution in [1.82, 2.24) is 34.5 Å². The summed E-state index contributed by atoms with van der Waals surface area (Å²) in [5.74, 6) is 2.01. The summed E-state index contributed by atoms with van der Waals surface area (Å²) in [5.41, 5.74) is 2.27. The molecule has 3 aromatic heterocycles. The third-order valence-electron chi connectivity index (χ3n) is 6.10. The molecule has 1 aliphatic rings. The number of thiazole rings is 1. The lowest BCUT2D eigenvalue weighted by Crippen LogP contribution is -2.48. The first-order chi connectivity index (χ1) is 17.7. The van der Waals surface area contributed by atoms with Gasteiger partial charge < -0.3 is 14.5 Å². The number of rotatable bonds is 8. The van der Waals surface area contributed by atoms with Crippen LogP contribution in [0.2, 0.25) is 0 Å². The van der Waals surface area contributed by atoms with Crippen LogP contribution in [0.4, 0.5) is 0 Å². The molecular formula is C25H27N7O2S2. The number of nitrogens with zero attached hydrogens (tertiary/aromatic N) is 7. The minimum absolute atomic E-state index is 0.00964. The number of carbonyl (C=O) groups excluding carboxylic acids is 1. The monoisotopic (exact) mass is 521 g/mol. The number of piperazine rings is 1. The fourth-order valence-corrected chi connectivity index (χ4v) is 5.84. The second-order valence-electron chi connectivity index (χ2n) is 8.19. The molecule has 9 nitrogen and oxygen atoms in total. The molecule has 0 aliphatic carbocycles. The molecule has 4 aromatic rings. The minimum atomic E-state index is 0.00964. The van der Waals surface area contributed by atoms with Gasteiger partial charge in [-0.2, -0.15) is 0 Å². The molecule has 0 spiro atoms. The summed E-state index contributed by atoms with van der Waals surface area (Å²) in [6, 6.07) is 11.6. The first-order valence-corrected chi connectivity index (χ1v) is 13.6. The van der Waals surface area contributed by atoms with Crippen molar-refractivity contribution in [2.24, 2.45) is 0 Å². The highest BCUT2D eigenvalue weighted by Gasteiger charge is 2.24. The average molecular weight is 522 g/mol. The van der Waals surface area contributed by atoms with E-state index in [1.165, 1.54) is 23.1 Å². The summed E-state index contributed by atoms with van der Waals surface area (Å²) < 4.78 is 7.62. The normalized spacial score (nSPS) is 14.2. The van der Waals surface area contributed by atoms with Crippen LogP contribution in [0.3, 0.4) is 0 Å². The number of amides is 1. The van der Waals surface area contributed by atoms with E-state index in [9.17, 15) is 4.79 Å². The third kappa shape index (κ3) is 5.13. The van der Waals surface area contributed by atoms with E-state index in [4.69, 9.17) is 4.74 Å². The number of aromatic nitrogens is 5. The van der Waals surface area contributed by atoms with E-state index in [-0.39, 0.29) is 5.91 Å². The Balaban J connectivity index is 1.36. The largest absolute Gasteiger partial charge is 0.495 e. The zero-order chi connectivity index (χ0) is 24.9. The maximum atomic E-state index is 13.0. The van der Waals surface area contributed by atoms with Crippen LogP contribution in [0.5, 0.6) is 5.75 Å². The highest BCUT2D eigenvalue weighted by Crippen LogP contribution is 2.33. The second-order valence-corrected chi connectivity index (χ2v) is 10.1. The number of carbonyl (C=O) groups is 1. The number of pyridine rings is 1. The number of likely N-dealkylation sites (N-methyl/N-ethyl adjacent to an activating group) is 1. The van der Waals surface area contributed by atoms with Crippen LogP contribution in [-0.2, 0) is 5.75 Å². The number of ether oxygens (including phenoxy) is 1. The van der Waals surface area contributed by atoms with Gasteiger partial charge in [0, 0.05) is 49.5 Å². The fourth-order valence-electron chi connectivity index (χ4n) is 4.11. The molecule has 0 unspecified atom stereocenters. The lowest BCUT2D eigenvalue weighted by atomic mass is 10.2. The molecule has 1 aromatic carbocycles. The molecule has 0 N–H and O–H groups in total. The summed E-state index contributed by atoms with van der Waals surface area (Å²) in [6.45, 7) is 6.47. The van der Waals surface area contributed by atoms with Crippen molar-refractivity contribution in [3.8, 4) is 22.8 Å². The zero-order valence-corrected chi connectivity index (χ0v) is 21.8. The van der Waals surface area contributed by atoms with Crippen LogP contribution >= 0.6 is 23.1 Å². The smallest absolute Gasteiger partial charge is 0.273 e. The molecule has 4 heterocycles. The van der Waals surface area contributed by atoms with Gasteiger partial charge in [0.25, 0.3) is 5.91 Å². The van der Waals surface area contributed by atoms with Gasteiger partial charge in [-0.1, -0.05) is 30.8 Å². The van der Waals surface area contributed by atoms with Crippen LogP contribution in [0, 0.1) is 0 Å². The van der Waals surface area contributed by atoms with Gasteiger partial charge in [-0.05, 0) is 30.8 Å². The van der Waals surface area contributed by atoms with E-state index in [2.05, 4.69) is 32.0 Å². The molecule has 0 atom stereocenters. The SMILES string of the molecule is CCN1CCN(C(=O)c2csc(CSc3nnc(-c4ccncc4)n3-c3ccccc3OC)n2)CC1. The van der Waals surface area contributed by atoms with Gasteiger partial charge in [-0.15, -0.1) is 21.5 Å². The molecule has 1 amide bonds. The van der Waals surface area contributed by atoms with E-state index < -0.39 is 0 Å². The van der Waals surface area contributed by atoms with E-state index in [0.717, 1.165) is 54.7 Å². The average Bonchev–Trinajstić information content (AvgIpc) is 3.59. The molecular weight excluding hydrogens is 494 g/mol. The number of benzene rings is 1. The number of methoxy groups -OCH3 is 1. The molecule has 0 bridgehead atoms. The van der Waals surface area contributed by atoms with Crippen molar-refractivity contribution in [2.45, 2.75) is 17.8 Å².